The summed E-state index contributed by atoms with van der Waals surface area (Å²) in [5.41, 5.74) is 6.01. The second-order valence-electron chi connectivity index (χ2n) is 6.60. The van der Waals surface area contributed by atoms with Gasteiger partial charge < -0.3 is 10.1 Å². The van der Waals surface area contributed by atoms with E-state index in [1.54, 1.807) is 6.92 Å². The molecule has 0 saturated carbocycles. The molecule has 2 atom stereocenters. The summed E-state index contributed by atoms with van der Waals surface area (Å²) in [4.78, 5) is 12.4. The van der Waals surface area contributed by atoms with Crippen molar-refractivity contribution in [2.24, 2.45) is 0 Å². The molecule has 2 aromatic rings. The van der Waals surface area contributed by atoms with E-state index in [1.165, 1.54) is 22.3 Å². The van der Waals surface area contributed by atoms with Gasteiger partial charge in [0, 0.05) is 0 Å². The molecule has 0 aliphatic carbocycles. The van der Waals surface area contributed by atoms with E-state index in [9.17, 15) is 4.79 Å². The number of carbonyl (C=O) groups excluding carboxylic acids is 1. The molecule has 0 aromatic heterocycles. The molecule has 24 heavy (non-hydrogen) atoms. The van der Waals surface area contributed by atoms with E-state index < -0.39 is 6.10 Å². The van der Waals surface area contributed by atoms with E-state index in [1.807, 2.05) is 38.1 Å². The number of hydrogen-bond donors (Lipinski definition) is 1. The Bertz CT molecular complexity index is 719. The van der Waals surface area contributed by atoms with Crippen molar-refractivity contribution in [1.82, 2.24) is 5.32 Å². The van der Waals surface area contributed by atoms with Gasteiger partial charge >= 0.3 is 0 Å². The number of nitrogens with one attached hydrogen (secondary N) is 1. The van der Waals surface area contributed by atoms with Crippen LogP contribution in [-0.4, -0.2) is 12.0 Å². The molecule has 3 nitrogen and oxygen atoms in total. The van der Waals surface area contributed by atoms with Gasteiger partial charge in [0.25, 0.3) is 5.91 Å². The Balaban J connectivity index is 2.03. The molecule has 0 aliphatic heterocycles. The highest BCUT2D eigenvalue weighted by Gasteiger charge is 2.19. The second kappa shape index (κ2) is 7.52. The van der Waals surface area contributed by atoms with Crippen LogP contribution in [-0.2, 0) is 4.79 Å². The zero-order valence-electron chi connectivity index (χ0n) is 15.4. The SMILES string of the molecule is Cc1ccc(O[C@@H](C)C(=O)N[C@H](C)c2cc(C)c(C)cc2C)cc1. The standard InChI is InChI=1S/C21H27NO2/c1-13-7-9-19(10-8-13)24-18(6)21(23)22-17(5)20-12-15(3)14(2)11-16(20)4/h7-12,17-18H,1-6H3,(H,22,23)/t17-,18+/m1/s1. The van der Waals surface area contributed by atoms with Crippen molar-refractivity contribution >= 4 is 5.91 Å². The lowest BCUT2D eigenvalue weighted by Gasteiger charge is -2.21. The van der Waals surface area contributed by atoms with E-state index in [-0.39, 0.29) is 11.9 Å². The summed E-state index contributed by atoms with van der Waals surface area (Å²) in [6.07, 6.45) is -0.540. The van der Waals surface area contributed by atoms with Gasteiger partial charge in [0.15, 0.2) is 6.10 Å². The summed E-state index contributed by atoms with van der Waals surface area (Å²) in [7, 11) is 0. The molecule has 0 radical (unpaired) electrons. The van der Waals surface area contributed by atoms with Crippen LogP contribution in [0.4, 0.5) is 0 Å². The monoisotopic (exact) mass is 325 g/mol. The van der Waals surface area contributed by atoms with E-state index in [4.69, 9.17) is 4.74 Å². The molecule has 0 heterocycles. The Hall–Kier alpha value is -2.29. The van der Waals surface area contributed by atoms with Crippen LogP contribution in [0.3, 0.4) is 0 Å². The third-order valence-electron chi connectivity index (χ3n) is 4.41. The van der Waals surface area contributed by atoms with Crippen molar-refractivity contribution < 1.29 is 9.53 Å². The van der Waals surface area contributed by atoms with Gasteiger partial charge in [0.2, 0.25) is 0 Å². The molecule has 3 heteroatoms. The number of hydrogen-bond acceptors (Lipinski definition) is 2. The van der Waals surface area contributed by atoms with Crippen LogP contribution >= 0.6 is 0 Å². The van der Waals surface area contributed by atoms with Crippen LogP contribution in [0.5, 0.6) is 5.75 Å². The smallest absolute Gasteiger partial charge is 0.261 e. The van der Waals surface area contributed by atoms with Gasteiger partial charge in [0.1, 0.15) is 5.75 Å². The normalized spacial score (nSPS) is 13.2. The summed E-state index contributed by atoms with van der Waals surface area (Å²) in [5.74, 6) is 0.596. The Labute approximate surface area is 145 Å². The molecule has 2 rings (SSSR count). The van der Waals surface area contributed by atoms with Gasteiger partial charge in [-0.05, 0) is 75.9 Å². The molecule has 1 amide bonds. The lowest BCUT2D eigenvalue weighted by atomic mass is 9.96. The first-order valence-electron chi connectivity index (χ1n) is 8.39. The van der Waals surface area contributed by atoms with Crippen LogP contribution in [0.15, 0.2) is 36.4 Å². The highest BCUT2D eigenvalue weighted by Crippen LogP contribution is 2.22. The highest BCUT2D eigenvalue weighted by molar-refractivity contribution is 5.81. The number of rotatable bonds is 5. The lowest BCUT2D eigenvalue weighted by Crippen LogP contribution is -2.38. The first kappa shape index (κ1) is 18.1. The molecule has 0 spiro atoms. The number of carbonyl (C=O) groups is 1. The third-order valence-corrected chi connectivity index (χ3v) is 4.41. The van der Waals surface area contributed by atoms with Gasteiger partial charge in [-0.15, -0.1) is 0 Å². The first-order chi connectivity index (χ1) is 11.3. The quantitative estimate of drug-likeness (QED) is 0.875. The fourth-order valence-corrected chi connectivity index (χ4v) is 2.73. The predicted molar refractivity (Wildman–Crippen MR) is 98.5 cm³/mol. The molecule has 1 N–H and O–H groups in total. The number of ether oxygens (including phenoxy) is 1. The van der Waals surface area contributed by atoms with Crippen molar-refractivity contribution in [2.75, 3.05) is 0 Å². The fourth-order valence-electron chi connectivity index (χ4n) is 2.73. The minimum absolute atomic E-state index is 0.0548. The van der Waals surface area contributed by atoms with Crippen molar-refractivity contribution in [3.8, 4) is 5.75 Å². The highest BCUT2D eigenvalue weighted by atomic mass is 16.5. The summed E-state index contributed by atoms with van der Waals surface area (Å²) >= 11 is 0. The largest absolute Gasteiger partial charge is 0.481 e. The maximum Gasteiger partial charge on any atom is 0.261 e. The summed E-state index contributed by atoms with van der Waals surface area (Å²) in [6, 6.07) is 12.0. The van der Waals surface area contributed by atoms with Crippen molar-refractivity contribution in [3.63, 3.8) is 0 Å². The zero-order chi connectivity index (χ0) is 17.9. The van der Waals surface area contributed by atoms with Crippen molar-refractivity contribution in [3.05, 3.63) is 64.2 Å². The minimum Gasteiger partial charge on any atom is -0.481 e. The average Bonchev–Trinajstić information content (AvgIpc) is 2.52. The topological polar surface area (TPSA) is 38.3 Å². The fraction of sp³-hybridized carbons (Fsp3) is 0.381. The molecule has 0 aliphatic rings. The summed E-state index contributed by atoms with van der Waals surface area (Å²) < 4.78 is 5.73. The molecule has 0 fully saturated rings. The van der Waals surface area contributed by atoms with E-state index in [0.717, 1.165) is 5.56 Å². The maximum atomic E-state index is 12.4. The van der Waals surface area contributed by atoms with Crippen LogP contribution in [0.25, 0.3) is 0 Å². The molecule has 0 saturated heterocycles. The van der Waals surface area contributed by atoms with Gasteiger partial charge in [-0.3, -0.25) is 4.79 Å². The Morgan fingerprint density at radius 3 is 2.12 bits per heavy atom. The maximum absolute atomic E-state index is 12.4. The Morgan fingerprint density at radius 1 is 0.917 bits per heavy atom. The van der Waals surface area contributed by atoms with Crippen LogP contribution in [0, 0.1) is 27.7 Å². The van der Waals surface area contributed by atoms with Gasteiger partial charge in [-0.1, -0.05) is 29.8 Å². The molecule has 128 valence electrons. The van der Waals surface area contributed by atoms with Crippen LogP contribution in [0.1, 0.15) is 47.7 Å². The predicted octanol–water partition coefficient (Wildman–Crippen LogP) is 4.56. The van der Waals surface area contributed by atoms with E-state index in [2.05, 4.69) is 38.2 Å². The molecule has 0 unspecified atom stereocenters. The van der Waals surface area contributed by atoms with Gasteiger partial charge in [0.05, 0.1) is 6.04 Å². The first-order valence-corrected chi connectivity index (χ1v) is 8.39. The molecular formula is C21H27NO2. The summed E-state index contributed by atoms with van der Waals surface area (Å²) in [6.45, 7) is 12.1. The molecule has 0 bridgehead atoms. The van der Waals surface area contributed by atoms with Gasteiger partial charge in [-0.2, -0.15) is 0 Å². The Morgan fingerprint density at radius 2 is 1.50 bits per heavy atom. The van der Waals surface area contributed by atoms with Crippen molar-refractivity contribution in [2.45, 2.75) is 53.7 Å². The zero-order valence-corrected chi connectivity index (χ0v) is 15.4. The van der Waals surface area contributed by atoms with E-state index >= 15 is 0 Å². The van der Waals surface area contributed by atoms with Crippen molar-refractivity contribution in [1.29, 1.82) is 0 Å². The number of aryl methyl sites for hydroxylation is 4. The lowest BCUT2D eigenvalue weighted by molar-refractivity contribution is -0.127. The minimum atomic E-state index is -0.540. The average molecular weight is 325 g/mol. The van der Waals surface area contributed by atoms with Gasteiger partial charge in [-0.25, -0.2) is 0 Å². The Kier molecular flexibility index (Phi) is 5.66. The van der Waals surface area contributed by atoms with Crippen LogP contribution in [0.2, 0.25) is 0 Å². The second-order valence-corrected chi connectivity index (χ2v) is 6.60. The summed E-state index contributed by atoms with van der Waals surface area (Å²) in [5, 5.41) is 3.05. The third kappa shape index (κ3) is 4.38. The molecule has 2 aromatic carbocycles. The number of amides is 1. The molecular weight excluding hydrogens is 298 g/mol. The van der Waals surface area contributed by atoms with E-state index in [0.29, 0.717) is 5.75 Å². The van der Waals surface area contributed by atoms with Crippen LogP contribution < -0.4 is 10.1 Å². The number of benzene rings is 2.